The van der Waals surface area contributed by atoms with E-state index in [1.165, 1.54) is 21.6 Å². The first kappa shape index (κ1) is 23.0. The largest absolute Gasteiger partial charge is 0.339 e. The molecule has 34 heavy (non-hydrogen) atoms. The van der Waals surface area contributed by atoms with Crippen LogP contribution in [0.15, 0.2) is 41.2 Å². The van der Waals surface area contributed by atoms with Gasteiger partial charge in [0.15, 0.2) is 0 Å². The molecule has 2 aliphatic rings. The van der Waals surface area contributed by atoms with E-state index >= 15 is 0 Å². The molecule has 1 N–H and O–H groups in total. The lowest BCUT2D eigenvalue weighted by Gasteiger charge is -2.33. The molecule has 1 amide bonds. The molecule has 0 saturated heterocycles. The van der Waals surface area contributed by atoms with E-state index in [1.54, 1.807) is 11.3 Å². The van der Waals surface area contributed by atoms with E-state index in [9.17, 15) is 9.59 Å². The minimum absolute atomic E-state index is 0.0485. The molecule has 0 unspecified atom stereocenters. The minimum atomic E-state index is -0.0485. The van der Waals surface area contributed by atoms with Gasteiger partial charge in [0.25, 0.3) is 5.56 Å². The number of aryl methyl sites for hydroxylation is 2. The molecule has 3 heterocycles. The fraction of sp³-hybridized carbons (Fsp3) is 0.464. The van der Waals surface area contributed by atoms with Crippen molar-refractivity contribution in [2.75, 3.05) is 13.1 Å². The van der Waals surface area contributed by atoms with Crippen LogP contribution < -0.4 is 5.56 Å². The second kappa shape index (κ2) is 9.14. The quantitative estimate of drug-likeness (QED) is 0.551. The average molecular weight is 476 g/mol. The summed E-state index contributed by atoms with van der Waals surface area (Å²) in [5.74, 6) is 1.36. The zero-order chi connectivity index (χ0) is 23.9. The van der Waals surface area contributed by atoms with Crippen LogP contribution in [0.3, 0.4) is 0 Å². The third kappa shape index (κ3) is 4.61. The number of hydrogen-bond donors (Lipinski definition) is 1. The van der Waals surface area contributed by atoms with Gasteiger partial charge in [-0.05, 0) is 53.7 Å². The Kier molecular flexibility index (Phi) is 6.19. The van der Waals surface area contributed by atoms with Crippen LogP contribution in [0.1, 0.15) is 61.9 Å². The van der Waals surface area contributed by atoms with Crippen molar-refractivity contribution in [3.05, 3.63) is 68.6 Å². The Morgan fingerprint density at radius 3 is 2.71 bits per heavy atom. The van der Waals surface area contributed by atoms with Gasteiger partial charge in [-0.1, -0.05) is 57.2 Å². The molecule has 0 fully saturated rings. The van der Waals surface area contributed by atoms with Crippen LogP contribution in [0, 0.1) is 11.3 Å². The van der Waals surface area contributed by atoms with Gasteiger partial charge >= 0.3 is 0 Å². The number of rotatable bonds is 4. The van der Waals surface area contributed by atoms with E-state index in [4.69, 9.17) is 4.98 Å². The van der Waals surface area contributed by atoms with Gasteiger partial charge in [-0.2, -0.15) is 0 Å². The van der Waals surface area contributed by atoms with Crippen LogP contribution in [-0.4, -0.2) is 33.9 Å². The molecule has 0 radical (unpaired) electrons. The number of fused-ring (bicyclic) bond motifs is 3. The third-order valence-corrected chi connectivity index (χ3v) is 8.62. The number of nitrogens with zero attached hydrogens (tertiary/aromatic N) is 2. The van der Waals surface area contributed by atoms with Crippen LogP contribution in [0.25, 0.3) is 15.8 Å². The highest BCUT2D eigenvalue weighted by Crippen LogP contribution is 2.42. The first-order chi connectivity index (χ1) is 16.3. The Hall–Kier alpha value is -2.73. The van der Waals surface area contributed by atoms with E-state index in [0.717, 1.165) is 42.4 Å². The first-order valence-corrected chi connectivity index (χ1v) is 13.2. The summed E-state index contributed by atoms with van der Waals surface area (Å²) in [6.07, 6.45) is 6.95. The van der Waals surface area contributed by atoms with Crippen molar-refractivity contribution in [2.24, 2.45) is 11.3 Å². The predicted molar refractivity (Wildman–Crippen MR) is 139 cm³/mol. The number of carbonyl (C=O) groups excluding carboxylic acids is 1. The summed E-state index contributed by atoms with van der Waals surface area (Å²) in [5.41, 5.74) is 3.96. The van der Waals surface area contributed by atoms with Crippen molar-refractivity contribution >= 4 is 33.0 Å². The van der Waals surface area contributed by atoms with Gasteiger partial charge in [0.05, 0.1) is 5.39 Å². The summed E-state index contributed by atoms with van der Waals surface area (Å²) in [6.45, 7) is 8.28. The van der Waals surface area contributed by atoms with Gasteiger partial charge in [0.2, 0.25) is 5.91 Å². The molecule has 3 aromatic rings. The van der Waals surface area contributed by atoms with Gasteiger partial charge in [0.1, 0.15) is 10.7 Å². The van der Waals surface area contributed by atoms with E-state index in [0.29, 0.717) is 31.1 Å². The van der Waals surface area contributed by atoms with Crippen molar-refractivity contribution in [1.82, 2.24) is 14.9 Å². The van der Waals surface area contributed by atoms with Crippen molar-refractivity contribution in [1.29, 1.82) is 0 Å². The summed E-state index contributed by atoms with van der Waals surface area (Å²) < 4.78 is 0. The van der Waals surface area contributed by atoms with Gasteiger partial charge in [-0.3, -0.25) is 9.59 Å². The fourth-order valence-corrected chi connectivity index (χ4v) is 6.60. The number of hydrogen-bond acceptors (Lipinski definition) is 4. The molecule has 1 atom stereocenters. The smallest absolute Gasteiger partial charge is 0.259 e. The highest BCUT2D eigenvalue weighted by molar-refractivity contribution is 7.18. The van der Waals surface area contributed by atoms with Crippen LogP contribution in [0.4, 0.5) is 0 Å². The fourth-order valence-electron chi connectivity index (χ4n) is 5.28. The molecular weight excluding hydrogens is 442 g/mol. The minimum Gasteiger partial charge on any atom is -0.339 e. The van der Waals surface area contributed by atoms with Gasteiger partial charge in [-0.15, -0.1) is 11.3 Å². The number of aromatic amines is 1. The molecule has 1 aliphatic carbocycles. The summed E-state index contributed by atoms with van der Waals surface area (Å²) in [4.78, 5) is 37.6. The van der Waals surface area contributed by atoms with Crippen molar-refractivity contribution in [3.63, 3.8) is 0 Å². The molecule has 0 saturated carbocycles. The summed E-state index contributed by atoms with van der Waals surface area (Å²) in [6, 6.07) is 10.4. The van der Waals surface area contributed by atoms with Gasteiger partial charge < -0.3 is 9.88 Å². The van der Waals surface area contributed by atoms with Crippen LogP contribution in [0.2, 0.25) is 0 Å². The Bertz CT molecular complexity index is 1300. The van der Waals surface area contributed by atoms with Crippen LogP contribution in [-0.2, 0) is 24.1 Å². The van der Waals surface area contributed by atoms with E-state index in [-0.39, 0.29) is 16.9 Å². The Balaban J connectivity index is 1.26. The second-order valence-electron chi connectivity index (χ2n) is 10.7. The standard InChI is InChI=1S/C28H33N3O2S/c1-28(2,3)20-9-10-21-22(17-20)34-27-25(21)26(33)29-23(30-27)11-12-24(32)31-15-13-19(14-16-31)18-7-5-4-6-8-18/h4-8,13,20H,9-12,14-17H2,1-3H3,(H,29,30,33)/t20-/m0/s1. The van der Waals surface area contributed by atoms with Crippen LogP contribution in [0.5, 0.6) is 0 Å². The maximum absolute atomic E-state index is 12.9. The van der Waals surface area contributed by atoms with Gasteiger partial charge in [-0.25, -0.2) is 4.98 Å². The van der Waals surface area contributed by atoms with Crippen molar-refractivity contribution < 1.29 is 4.79 Å². The lowest BCUT2D eigenvalue weighted by Crippen LogP contribution is -2.35. The van der Waals surface area contributed by atoms with E-state index < -0.39 is 0 Å². The predicted octanol–water partition coefficient (Wildman–Crippen LogP) is 5.38. The topological polar surface area (TPSA) is 66.1 Å². The monoisotopic (exact) mass is 475 g/mol. The summed E-state index contributed by atoms with van der Waals surface area (Å²) >= 11 is 1.67. The molecule has 5 nitrogen and oxygen atoms in total. The molecule has 178 valence electrons. The molecule has 6 heteroatoms. The number of aromatic nitrogens is 2. The molecule has 1 aromatic carbocycles. The number of carbonyl (C=O) groups is 1. The third-order valence-electron chi connectivity index (χ3n) is 7.47. The van der Waals surface area contributed by atoms with E-state index in [2.05, 4.69) is 44.0 Å². The molecular formula is C28H33N3O2S. The highest BCUT2D eigenvalue weighted by Gasteiger charge is 2.31. The molecule has 0 bridgehead atoms. The maximum Gasteiger partial charge on any atom is 0.259 e. The zero-order valence-electron chi connectivity index (χ0n) is 20.3. The highest BCUT2D eigenvalue weighted by atomic mass is 32.1. The lowest BCUT2D eigenvalue weighted by molar-refractivity contribution is -0.130. The number of nitrogens with one attached hydrogen (secondary N) is 1. The lowest BCUT2D eigenvalue weighted by atomic mass is 9.72. The molecule has 1 aliphatic heterocycles. The molecule has 2 aromatic heterocycles. The number of benzene rings is 1. The maximum atomic E-state index is 12.9. The van der Waals surface area contributed by atoms with Crippen molar-refractivity contribution in [2.45, 2.75) is 59.3 Å². The Morgan fingerprint density at radius 2 is 2.00 bits per heavy atom. The number of thiophene rings is 1. The SMILES string of the molecule is CC(C)(C)[C@H]1CCc2c(sc3nc(CCC(=O)N4CC=C(c5ccccc5)CC4)[nH]c(=O)c23)C1. The Morgan fingerprint density at radius 1 is 1.21 bits per heavy atom. The zero-order valence-corrected chi connectivity index (χ0v) is 21.1. The first-order valence-electron chi connectivity index (χ1n) is 12.4. The summed E-state index contributed by atoms with van der Waals surface area (Å²) in [7, 11) is 0. The van der Waals surface area contributed by atoms with Crippen molar-refractivity contribution in [3.8, 4) is 0 Å². The second-order valence-corrected chi connectivity index (χ2v) is 11.8. The van der Waals surface area contributed by atoms with Crippen LogP contribution >= 0.6 is 11.3 Å². The number of amides is 1. The molecule has 0 spiro atoms. The van der Waals surface area contributed by atoms with E-state index in [1.807, 2.05) is 23.1 Å². The normalized spacial score (nSPS) is 18.6. The average Bonchev–Trinajstić information content (AvgIpc) is 3.21. The molecule has 5 rings (SSSR count). The van der Waals surface area contributed by atoms with Gasteiger partial charge in [0, 0.05) is 30.8 Å². The Labute approximate surface area is 204 Å². The summed E-state index contributed by atoms with van der Waals surface area (Å²) in [5, 5.41) is 0.775. The number of H-pyrrole nitrogens is 1.